The normalized spacial score (nSPS) is 49.6. The highest BCUT2D eigenvalue weighted by atomic mass is 32.2. The van der Waals surface area contributed by atoms with Crippen molar-refractivity contribution in [1.29, 1.82) is 0 Å². The Morgan fingerprint density at radius 3 is 0.759 bits per heavy atom. The molecule has 4 saturated heterocycles. The maximum Gasteiger partial charge on any atom is 0.156 e. The van der Waals surface area contributed by atoms with Crippen LogP contribution >= 0.6 is 0 Å². The molecule has 6 nitrogen and oxygen atoms in total. The number of sulfone groups is 1. The highest BCUT2D eigenvalue weighted by molar-refractivity contribution is 7.92. The van der Waals surface area contributed by atoms with Crippen LogP contribution in [0.25, 0.3) is 0 Å². The first kappa shape index (κ1) is 60.4. The van der Waals surface area contributed by atoms with E-state index in [0.29, 0.717) is 33.7 Å². The van der Waals surface area contributed by atoms with Gasteiger partial charge in [-0.15, -0.1) is 0 Å². The van der Waals surface area contributed by atoms with Crippen LogP contribution in [0, 0.1) is 92.7 Å². The molecule has 0 bridgehead atoms. The number of fused-ring (bicyclic) bond motifs is 12. The molecule has 0 aromatic heterocycles. The molecule has 0 N–H and O–H groups in total. The maximum atomic E-state index is 15.1. The third kappa shape index (κ3) is 10.8. The van der Waals surface area contributed by atoms with Crippen LogP contribution in [0.3, 0.4) is 0 Å². The highest BCUT2D eigenvalue weighted by Gasteiger charge is 2.62. The average Bonchev–Trinajstić information content (AvgIpc) is 2.10. The minimum Gasteiger partial charge on any atom is -0.294 e. The zero-order chi connectivity index (χ0) is 57.9. The molecule has 0 aromatic carbocycles. The molecule has 14 aliphatic rings. The van der Waals surface area contributed by atoms with E-state index in [1.807, 2.05) is 0 Å². The first-order chi connectivity index (χ1) is 39.4. The molecule has 4 aliphatic heterocycles. The van der Waals surface area contributed by atoms with Crippen LogP contribution in [-0.4, -0.2) is 111 Å². The Morgan fingerprint density at radius 2 is 0.470 bits per heavy atom. The van der Waals surface area contributed by atoms with Crippen LogP contribution in [-0.2, 0) is 9.84 Å². The monoisotopic (exact) mass is 1160 g/mol. The molecule has 0 amide bonds. The van der Waals surface area contributed by atoms with E-state index in [2.05, 4.69) is 103 Å². The Hall–Kier alpha value is -0.210. The summed E-state index contributed by atoms with van der Waals surface area (Å²) in [4.78, 5) is 13.0. The van der Waals surface area contributed by atoms with Gasteiger partial charge < -0.3 is 0 Å². The third-order valence-electron chi connectivity index (χ3n) is 30.7. The van der Waals surface area contributed by atoms with E-state index < -0.39 is 9.84 Å². The lowest BCUT2D eigenvalue weighted by Crippen LogP contribution is -2.54. The number of likely N-dealkylation sites (tertiary alicyclic amines) is 4. The van der Waals surface area contributed by atoms with Crippen molar-refractivity contribution in [3.05, 3.63) is 0 Å². The SMILES string of the molecule is CC(C)(C)C1CCC2C(C1)C1CC(C(C)(C)C)CCC1N2C1CCC2C(C1)C1CCCCC1N2C1CCC(S(=O)(=O)C2CCC(N3C4CCCCC4C4CC(N5C6CCC(C(C)(C)C)CC6C6C[C@@H](C(C)(C)C)CCC65)CCC43)CC2)CC1. The van der Waals surface area contributed by atoms with Gasteiger partial charge in [0.15, 0.2) is 9.84 Å². The lowest BCUT2D eigenvalue weighted by atomic mass is 9.61. The summed E-state index contributed by atoms with van der Waals surface area (Å²) >= 11 is 0. The minimum absolute atomic E-state index is 0.0969. The van der Waals surface area contributed by atoms with Crippen molar-refractivity contribution in [2.75, 3.05) is 0 Å². The predicted octanol–water partition coefficient (Wildman–Crippen LogP) is 17.8. The van der Waals surface area contributed by atoms with Crippen LogP contribution in [0.4, 0.5) is 0 Å². The van der Waals surface area contributed by atoms with Gasteiger partial charge in [-0.05, 0) is 285 Å². The fourth-order valence-corrected chi connectivity index (χ4v) is 28.9. The topological polar surface area (TPSA) is 47.1 Å². The van der Waals surface area contributed by atoms with Gasteiger partial charge in [0.2, 0.25) is 0 Å². The summed E-state index contributed by atoms with van der Waals surface area (Å²) in [5.41, 5.74) is 1.70. The lowest BCUT2D eigenvalue weighted by molar-refractivity contribution is 0.00784. The van der Waals surface area contributed by atoms with Crippen molar-refractivity contribution in [2.45, 2.75) is 384 Å². The van der Waals surface area contributed by atoms with Crippen LogP contribution in [0.1, 0.15) is 301 Å². The molecule has 10 saturated carbocycles. The predicted molar refractivity (Wildman–Crippen MR) is 346 cm³/mol. The number of nitrogens with zero attached hydrogens (tertiary/aromatic N) is 4. The Kier molecular flexibility index (Phi) is 16.4. The average molecular weight is 1160 g/mol. The summed E-state index contributed by atoms with van der Waals surface area (Å²) in [6.45, 7) is 30.6. The zero-order valence-corrected chi connectivity index (χ0v) is 56.9. The maximum absolute atomic E-state index is 15.1. The summed E-state index contributed by atoms with van der Waals surface area (Å²) in [5, 5.41) is -0.194. The first-order valence-electron chi connectivity index (χ1n) is 37.8. The van der Waals surface area contributed by atoms with Gasteiger partial charge in [0.05, 0.1) is 10.5 Å². The Bertz CT molecular complexity index is 2130. The van der Waals surface area contributed by atoms with Crippen molar-refractivity contribution in [1.82, 2.24) is 19.6 Å². The van der Waals surface area contributed by atoms with Gasteiger partial charge in [0.1, 0.15) is 0 Å². The van der Waals surface area contributed by atoms with Gasteiger partial charge in [-0.2, -0.15) is 0 Å². The van der Waals surface area contributed by atoms with Crippen molar-refractivity contribution < 1.29 is 8.42 Å². The van der Waals surface area contributed by atoms with Crippen molar-refractivity contribution in [2.24, 2.45) is 92.7 Å². The molecule has 0 radical (unpaired) electrons. The first-order valence-corrected chi connectivity index (χ1v) is 39.4. The molecule has 10 aliphatic carbocycles. The second kappa shape index (κ2) is 22.6. The summed E-state index contributed by atoms with van der Waals surface area (Å²) in [6, 6.07) is 9.13. The molecular formula is C76H130N4O2S. The van der Waals surface area contributed by atoms with Crippen LogP contribution in [0.5, 0.6) is 0 Å². The molecule has 4 heterocycles. The van der Waals surface area contributed by atoms with E-state index in [1.165, 1.54) is 167 Å². The zero-order valence-electron chi connectivity index (χ0n) is 56.1. The van der Waals surface area contributed by atoms with Crippen molar-refractivity contribution >= 4 is 9.84 Å². The van der Waals surface area contributed by atoms with Crippen molar-refractivity contribution in [3.8, 4) is 0 Å². The molecule has 14 fully saturated rings. The summed E-state index contributed by atoms with van der Waals surface area (Å²) in [7, 11) is -3.14. The van der Waals surface area contributed by atoms with Gasteiger partial charge in [0, 0.05) is 72.5 Å². The number of hydrogen-bond acceptors (Lipinski definition) is 6. The Labute approximate surface area is 512 Å². The smallest absolute Gasteiger partial charge is 0.156 e. The van der Waals surface area contributed by atoms with E-state index in [9.17, 15) is 0 Å². The van der Waals surface area contributed by atoms with E-state index >= 15 is 8.42 Å². The molecule has 0 spiro atoms. The van der Waals surface area contributed by atoms with Gasteiger partial charge in [-0.25, -0.2) is 8.42 Å². The molecule has 21 unspecified atom stereocenters. The van der Waals surface area contributed by atoms with Gasteiger partial charge in [0.25, 0.3) is 0 Å². The molecule has 83 heavy (non-hydrogen) atoms. The molecule has 472 valence electrons. The molecule has 22 atom stereocenters. The molecule has 7 heteroatoms. The largest absolute Gasteiger partial charge is 0.294 e. The minimum atomic E-state index is -3.14. The quantitative estimate of drug-likeness (QED) is 0.264. The van der Waals surface area contributed by atoms with Crippen LogP contribution < -0.4 is 0 Å². The van der Waals surface area contributed by atoms with Gasteiger partial charge in [-0.1, -0.05) is 109 Å². The second-order valence-electron chi connectivity index (χ2n) is 38.1. The van der Waals surface area contributed by atoms with E-state index in [0.717, 1.165) is 183 Å². The van der Waals surface area contributed by atoms with Gasteiger partial charge in [-0.3, -0.25) is 19.6 Å². The van der Waals surface area contributed by atoms with Crippen molar-refractivity contribution in [3.63, 3.8) is 0 Å². The van der Waals surface area contributed by atoms with Crippen LogP contribution in [0.15, 0.2) is 0 Å². The summed E-state index contributed by atoms with van der Waals surface area (Å²) in [6.07, 6.45) is 45.8. The fourth-order valence-electron chi connectivity index (χ4n) is 26.5. The van der Waals surface area contributed by atoms with E-state index in [-0.39, 0.29) is 10.5 Å². The van der Waals surface area contributed by atoms with E-state index in [1.54, 1.807) is 0 Å². The molecular weight excluding hydrogens is 1030 g/mol. The lowest BCUT2D eigenvalue weighted by Gasteiger charge is -2.49. The standard InChI is InChI=1S/C76H130N4O2S/c1-73(2,3)47-21-35-67-59(41-47)60-42-48(74(4,5)6)22-36-68(60)79(67)53-29-39-71-63(45-53)57-17-13-15-19-65(57)77(71)51-25-31-55(32-26-51)83(81,82)56-33-27-52(28-34-56)78-66-20-16-14-18-58(66)64-46-54(30-40-72(64)78)80-69-37-23-49(75(7,8)9)43-61(69)62-44-50(76(10,11)12)24-38-70(62)80/h47-72H,13-46H2,1-12H3/t47-,48?,49?,50?,51?,52?,53?,54?,55?,56?,57?,58?,59?,60?,61?,62?,63?,64?,65?,66?,67?,68?,69?,70?,71?,72?/m0/s1. The fraction of sp³-hybridized carbons (Fsp3) is 1.00. The third-order valence-corrected chi connectivity index (χ3v) is 33.5. The van der Waals surface area contributed by atoms with E-state index in [4.69, 9.17) is 0 Å². The Balaban J connectivity index is 0.609. The number of rotatable bonds is 6. The second-order valence-corrected chi connectivity index (χ2v) is 40.6. The van der Waals surface area contributed by atoms with Gasteiger partial charge >= 0.3 is 0 Å². The van der Waals surface area contributed by atoms with Crippen LogP contribution in [0.2, 0.25) is 0 Å². The number of hydrogen-bond donors (Lipinski definition) is 0. The summed E-state index contributed by atoms with van der Waals surface area (Å²) in [5.74, 6) is 10.6. The Morgan fingerprint density at radius 1 is 0.241 bits per heavy atom. The molecule has 14 rings (SSSR count). The molecule has 0 aromatic rings. The highest BCUT2D eigenvalue weighted by Crippen LogP contribution is 2.62. The summed E-state index contributed by atoms with van der Waals surface area (Å²) < 4.78 is 30.1.